The quantitative estimate of drug-likeness (QED) is 0.148. The molecule has 0 spiro atoms. The van der Waals surface area contributed by atoms with Crippen molar-refractivity contribution in [3.05, 3.63) is 0 Å². The molecule has 0 rings (SSSR count). The smallest absolute Gasteiger partial charge is 0.328 e. The van der Waals surface area contributed by atoms with Gasteiger partial charge in [0, 0.05) is 25.2 Å². The van der Waals surface area contributed by atoms with Gasteiger partial charge in [-0.15, -0.1) is 0 Å². The van der Waals surface area contributed by atoms with Gasteiger partial charge in [-0.1, -0.05) is 85.0 Å². The number of rotatable bonds is 22. The largest absolute Gasteiger partial charge is 0.481 e. The Morgan fingerprint density at radius 2 is 1.35 bits per heavy atom. The first kappa shape index (κ1) is 32.1. The minimum absolute atomic E-state index is 0.0468. The van der Waals surface area contributed by atoms with Crippen LogP contribution in [-0.2, 0) is 23.9 Å². The van der Waals surface area contributed by atoms with Crippen LogP contribution < -0.4 is 5.32 Å². The van der Waals surface area contributed by atoms with Crippen molar-refractivity contribution >= 4 is 23.6 Å². The molecule has 34 heavy (non-hydrogen) atoms. The molecule has 0 saturated carbocycles. The van der Waals surface area contributed by atoms with Crippen LogP contribution in [-0.4, -0.2) is 41.9 Å². The number of methoxy groups -OCH3 is 1. The molecule has 0 heterocycles. The molecule has 0 saturated heterocycles. The van der Waals surface area contributed by atoms with Crippen molar-refractivity contribution in [3.63, 3.8) is 0 Å². The maximum absolute atomic E-state index is 12.8. The van der Waals surface area contributed by atoms with Gasteiger partial charge in [0.2, 0.25) is 5.91 Å². The number of unbranched alkanes of at least 4 members (excludes halogenated alkanes) is 10. The van der Waals surface area contributed by atoms with Gasteiger partial charge < -0.3 is 15.2 Å². The van der Waals surface area contributed by atoms with Gasteiger partial charge in [-0.05, 0) is 25.2 Å². The first-order valence-electron chi connectivity index (χ1n) is 13.3. The second-order valence-electron chi connectivity index (χ2n) is 9.87. The highest BCUT2D eigenvalue weighted by molar-refractivity contribution is 5.89. The van der Waals surface area contributed by atoms with Crippen molar-refractivity contribution in [2.75, 3.05) is 7.11 Å². The highest BCUT2D eigenvalue weighted by Crippen LogP contribution is 2.19. The summed E-state index contributed by atoms with van der Waals surface area (Å²) in [6.45, 7) is 6.20. The highest BCUT2D eigenvalue weighted by atomic mass is 16.5. The van der Waals surface area contributed by atoms with Gasteiger partial charge in [0.05, 0.1) is 7.11 Å². The summed E-state index contributed by atoms with van der Waals surface area (Å²) in [7, 11) is 1.20. The topological polar surface area (TPSA) is 110 Å². The molecule has 198 valence electrons. The van der Waals surface area contributed by atoms with Crippen LogP contribution in [0.4, 0.5) is 0 Å². The van der Waals surface area contributed by atoms with Crippen LogP contribution in [0, 0.1) is 11.8 Å². The van der Waals surface area contributed by atoms with Gasteiger partial charge in [0.1, 0.15) is 11.8 Å². The molecule has 0 aliphatic carbocycles. The Bertz CT molecular complexity index is 590. The van der Waals surface area contributed by atoms with E-state index in [9.17, 15) is 19.2 Å². The SMILES string of the molecule is CCCCCCCCCCCCCC(=O)C[C@@H](CC(C)C)C(=O)N[C@H](CCC(=O)O)C(=O)OC. The zero-order chi connectivity index (χ0) is 25.8. The average Bonchev–Trinajstić information content (AvgIpc) is 2.78. The lowest BCUT2D eigenvalue weighted by Gasteiger charge is -2.22. The normalized spacial score (nSPS) is 12.9. The predicted molar refractivity (Wildman–Crippen MR) is 134 cm³/mol. The Balaban J connectivity index is 4.39. The number of carbonyl (C=O) groups is 4. The predicted octanol–water partition coefficient (Wildman–Crippen LogP) is 5.83. The third kappa shape index (κ3) is 17.5. The Morgan fingerprint density at radius 1 is 0.824 bits per heavy atom. The van der Waals surface area contributed by atoms with Crippen molar-refractivity contribution in [1.29, 1.82) is 0 Å². The summed E-state index contributed by atoms with van der Waals surface area (Å²) in [4.78, 5) is 48.2. The van der Waals surface area contributed by atoms with Gasteiger partial charge >= 0.3 is 11.9 Å². The summed E-state index contributed by atoms with van der Waals surface area (Å²) in [5, 5.41) is 11.5. The number of aliphatic carboxylic acids is 1. The molecule has 7 heteroatoms. The summed E-state index contributed by atoms with van der Waals surface area (Å²) in [5.74, 6) is -2.37. The maximum Gasteiger partial charge on any atom is 0.328 e. The van der Waals surface area contributed by atoms with E-state index in [4.69, 9.17) is 9.84 Å². The standard InChI is InChI=1S/C27H49NO6/c1-5-6-7-8-9-10-11-12-13-14-15-16-23(29)20-22(19-21(2)3)26(32)28-24(27(33)34-4)17-18-25(30)31/h21-22,24H,5-20H2,1-4H3,(H,28,32)(H,30,31)/t22-,24-/m1/s1. The van der Waals surface area contributed by atoms with E-state index in [1.54, 1.807) is 0 Å². The van der Waals surface area contributed by atoms with E-state index in [2.05, 4.69) is 12.2 Å². The molecular formula is C27H49NO6. The third-order valence-corrected chi connectivity index (χ3v) is 6.11. The molecule has 7 nitrogen and oxygen atoms in total. The molecule has 2 N–H and O–H groups in total. The van der Waals surface area contributed by atoms with Crippen molar-refractivity contribution in [3.8, 4) is 0 Å². The first-order valence-corrected chi connectivity index (χ1v) is 13.3. The fourth-order valence-corrected chi connectivity index (χ4v) is 4.16. The third-order valence-electron chi connectivity index (χ3n) is 6.11. The minimum Gasteiger partial charge on any atom is -0.481 e. The number of carboxylic acid groups (broad SMARTS) is 1. The fraction of sp³-hybridized carbons (Fsp3) is 0.852. The second kappa shape index (κ2) is 20.5. The number of hydrogen-bond donors (Lipinski definition) is 2. The van der Waals surface area contributed by atoms with Crippen LogP contribution in [0.25, 0.3) is 0 Å². The molecule has 0 unspecified atom stereocenters. The first-order chi connectivity index (χ1) is 16.2. The van der Waals surface area contributed by atoms with E-state index in [1.165, 1.54) is 58.5 Å². The van der Waals surface area contributed by atoms with Crippen molar-refractivity contribution in [2.24, 2.45) is 11.8 Å². The number of ketones is 1. The Hall–Kier alpha value is -1.92. The van der Waals surface area contributed by atoms with E-state index in [0.717, 1.165) is 19.3 Å². The van der Waals surface area contributed by atoms with Gasteiger partial charge in [-0.25, -0.2) is 4.79 Å². The lowest BCUT2D eigenvalue weighted by atomic mass is 9.90. The minimum atomic E-state index is -1.05. The molecule has 0 radical (unpaired) electrons. The number of nitrogens with one attached hydrogen (secondary N) is 1. The van der Waals surface area contributed by atoms with Crippen molar-refractivity contribution < 1.29 is 29.0 Å². The number of carboxylic acids is 1. The number of carbonyl (C=O) groups excluding carboxylic acids is 3. The monoisotopic (exact) mass is 483 g/mol. The molecule has 0 aromatic rings. The van der Waals surface area contributed by atoms with E-state index < -0.39 is 23.9 Å². The van der Waals surface area contributed by atoms with Crippen LogP contribution in [0.3, 0.4) is 0 Å². The zero-order valence-corrected chi connectivity index (χ0v) is 22.0. The van der Waals surface area contributed by atoms with Crippen LogP contribution in [0.2, 0.25) is 0 Å². The van der Waals surface area contributed by atoms with E-state index in [1.807, 2.05) is 13.8 Å². The molecule has 0 bridgehead atoms. The van der Waals surface area contributed by atoms with Crippen LogP contribution >= 0.6 is 0 Å². The molecule has 0 aliphatic heterocycles. The molecular weight excluding hydrogens is 434 g/mol. The zero-order valence-electron chi connectivity index (χ0n) is 22.0. The maximum atomic E-state index is 12.8. The second-order valence-corrected chi connectivity index (χ2v) is 9.87. The molecule has 0 aromatic carbocycles. The fourth-order valence-electron chi connectivity index (χ4n) is 4.16. The van der Waals surface area contributed by atoms with Gasteiger partial charge in [0.25, 0.3) is 0 Å². The number of esters is 1. The Kier molecular flexibility index (Phi) is 19.3. The number of hydrogen-bond acceptors (Lipinski definition) is 5. The molecule has 2 atom stereocenters. The summed E-state index contributed by atoms with van der Waals surface area (Å²) < 4.78 is 4.70. The van der Waals surface area contributed by atoms with Gasteiger partial charge in [-0.2, -0.15) is 0 Å². The lowest BCUT2D eigenvalue weighted by molar-refractivity contribution is -0.146. The summed E-state index contributed by atoms with van der Waals surface area (Å²) in [6, 6.07) is -1.02. The van der Waals surface area contributed by atoms with Crippen LogP contribution in [0.1, 0.15) is 124 Å². The van der Waals surface area contributed by atoms with Gasteiger partial charge in [0.15, 0.2) is 0 Å². The molecule has 0 fully saturated rings. The average molecular weight is 484 g/mol. The molecule has 0 aromatic heterocycles. The Morgan fingerprint density at radius 3 is 1.82 bits per heavy atom. The summed E-state index contributed by atoms with van der Waals surface area (Å²) >= 11 is 0. The number of amides is 1. The van der Waals surface area contributed by atoms with Crippen molar-refractivity contribution in [1.82, 2.24) is 5.32 Å². The lowest BCUT2D eigenvalue weighted by Crippen LogP contribution is -2.45. The van der Waals surface area contributed by atoms with E-state index in [-0.39, 0.29) is 36.9 Å². The number of Topliss-reactive ketones (excluding diaryl/α,β-unsaturated/α-hetero) is 1. The molecule has 1 amide bonds. The van der Waals surface area contributed by atoms with E-state index in [0.29, 0.717) is 12.8 Å². The van der Waals surface area contributed by atoms with Crippen LogP contribution in [0.5, 0.6) is 0 Å². The molecule has 0 aliphatic rings. The summed E-state index contributed by atoms with van der Waals surface area (Å²) in [5.41, 5.74) is 0. The van der Waals surface area contributed by atoms with Crippen molar-refractivity contribution in [2.45, 2.75) is 130 Å². The number of ether oxygens (including phenoxy) is 1. The highest BCUT2D eigenvalue weighted by Gasteiger charge is 2.28. The van der Waals surface area contributed by atoms with Gasteiger partial charge in [-0.3, -0.25) is 14.4 Å². The summed E-state index contributed by atoms with van der Waals surface area (Å²) in [6.07, 6.45) is 14.3. The van der Waals surface area contributed by atoms with E-state index >= 15 is 0 Å². The Labute approximate surface area is 206 Å². The van der Waals surface area contributed by atoms with Crippen LogP contribution in [0.15, 0.2) is 0 Å².